The summed E-state index contributed by atoms with van der Waals surface area (Å²) in [6, 6.07) is 15.2. The minimum absolute atomic E-state index is 0.356. The summed E-state index contributed by atoms with van der Waals surface area (Å²) in [5.74, 6) is -0.290. The average Bonchev–Trinajstić information content (AvgIpc) is 3.10. The molecule has 4 rings (SSSR count). The van der Waals surface area contributed by atoms with E-state index in [2.05, 4.69) is 21.8 Å². The first kappa shape index (κ1) is 18.7. The van der Waals surface area contributed by atoms with E-state index >= 15 is 0 Å². The van der Waals surface area contributed by atoms with Crippen molar-refractivity contribution in [3.05, 3.63) is 71.4 Å². The number of fused-ring (bicyclic) bond motifs is 1. The Kier molecular flexibility index (Phi) is 4.58. The third kappa shape index (κ3) is 3.71. The second kappa shape index (κ2) is 7.09. The van der Waals surface area contributed by atoms with E-state index in [0.29, 0.717) is 23.8 Å². The fraction of sp³-hybridized carbons (Fsp3) is 0.227. The van der Waals surface area contributed by atoms with E-state index in [4.69, 9.17) is 4.74 Å². The fourth-order valence-electron chi connectivity index (χ4n) is 3.24. The van der Waals surface area contributed by atoms with Crippen LogP contribution >= 0.6 is 0 Å². The van der Waals surface area contributed by atoms with Gasteiger partial charge in [-0.2, -0.15) is 5.10 Å². The number of aryl methyl sites for hydroxylation is 2. The van der Waals surface area contributed by atoms with Crippen LogP contribution in [-0.4, -0.2) is 27.2 Å². The van der Waals surface area contributed by atoms with Crippen molar-refractivity contribution in [2.24, 2.45) is 0 Å². The van der Waals surface area contributed by atoms with Crippen LogP contribution in [0.15, 0.2) is 54.7 Å². The van der Waals surface area contributed by atoms with Gasteiger partial charge < -0.3 is 15.4 Å². The molecule has 0 aliphatic carbocycles. The number of carbonyl (C=O) groups excluding carboxylic acids is 2. The van der Waals surface area contributed by atoms with Crippen LogP contribution in [0, 0.1) is 13.8 Å². The smallest absolute Gasteiger partial charge is 0.279 e. The average molecular weight is 390 g/mol. The molecule has 148 valence electrons. The molecular formula is C22H22N4O3. The van der Waals surface area contributed by atoms with Crippen LogP contribution in [-0.2, 0) is 16.1 Å². The molecule has 1 atom stereocenters. The second-order valence-corrected chi connectivity index (χ2v) is 7.43. The first-order valence-electron chi connectivity index (χ1n) is 9.35. The Bertz CT molecular complexity index is 1100. The SMILES string of the molecule is Cc1cccc(Cn2ccc(NC(=O)C3(C)Oc4ccc(C)cc4NC3=O)n2)c1. The van der Waals surface area contributed by atoms with E-state index in [9.17, 15) is 9.59 Å². The summed E-state index contributed by atoms with van der Waals surface area (Å²) in [5, 5.41) is 9.82. The first-order chi connectivity index (χ1) is 13.8. The normalized spacial score (nSPS) is 17.8. The van der Waals surface area contributed by atoms with Crippen molar-refractivity contribution in [1.82, 2.24) is 9.78 Å². The van der Waals surface area contributed by atoms with E-state index in [0.717, 1.165) is 11.1 Å². The Hall–Kier alpha value is -3.61. The van der Waals surface area contributed by atoms with Gasteiger partial charge in [0.2, 0.25) is 0 Å². The molecule has 0 bridgehead atoms. The number of carbonyl (C=O) groups is 2. The van der Waals surface area contributed by atoms with Gasteiger partial charge >= 0.3 is 0 Å². The molecule has 7 heteroatoms. The summed E-state index contributed by atoms with van der Waals surface area (Å²) >= 11 is 0. The van der Waals surface area contributed by atoms with Crippen LogP contribution in [0.1, 0.15) is 23.6 Å². The Morgan fingerprint density at radius 1 is 1.17 bits per heavy atom. The van der Waals surface area contributed by atoms with Crippen LogP contribution in [0.3, 0.4) is 0 Å². The lowest BCUT2D eigenvalue weighted by atomic mass is 10.0. The molecule has 7 nitrogen and oxygen atoms in total. The van der Waals surface area contributed by atoms with Crippen LogP contribution in [0.4, 0.5) is 11.5 Å². The summed E-state index contributed by atoms with van der Waals surface area (Å²) in [6.07, 6.45) is 1.78. The lowest BCUT2D eigenvalue weighted by molar-refractivity contribution is -0.143. The van der Waals surface area contributed by atoms with Gasteiger partial charge in [0.25, 0.3) is 17.4 Å². The van der Waals surface area contributed by atoms with Gasteiger partial charge in [-0.15, -0.1) is 0 Å². The summed E-state index contributed by atoms with van der Waals surface area (Å²) in [5.41, 5.74) is 2.14. The molecule has 2 heterocycles. The van der Waals surface area contributed by atoms with Crippen molar-refractivity contribution >= 4 is 23.3 Å². The number of anilines is 2. The van der Waals surface area contributed by atoms with E-state index in [1.807, 2.05) is 38.1 Å². The number of amides is 2. The predicted molar refractivity (Wildman–Crippen MR) is 110 cm³/mol. The maximum atomic E-state index is 12.8. The maximum Gasteiger partial charge on any atom is 0.279 e. The van der Waals surface area contributed by atoms with Gasteiger partial charge in [0.1, 0.15) is 5.75 Å². The number of hydrogen-bond donors (Lipinski definition) is 2. The van der Waals surface area contributed by atoms with Crippen molar-refractivity contribution in [2.75, 3.05) is 10.6 Å². The lowest BCUT2D eigenvalue weighted by Gasteiger charge is -2.33. The highest BCUT2D eigenvalue weighted by Gasteiger charge is 2.47. The highest BCUT2D eigenvalue weighted by atomic mass is 16.5. The van der Waals surface area contributed by atoms with Gasteiger partial charge in [-0.25, -0.2) is 0 Å². The highest BCUT2D eigenvalue weighted by molar-refractivity contribution is 6.18. The van der Waals surface area contributed by atoms with Crippen molar-refractivity contribution < 1.29 is 14.3 Å². The topological polar surface area (TPSA) is 85.3 Å². The number of nitrogens with zero attached hydrogens (tertiary/aromatic N) is 2. The van der Waals surface area contributed by atoms with Crippen LogP contribution in [0.25, 0.3) is 0 Å². The zero-order valence-electron chi connectivity index (χ0n) is 16.5. The molecule has 3 aromatic rings. The Balaban J connectivity index is 1.48. The van der Waals surface area contributed by atoms with Gasteiger partial charge in [-0.3, -0.25) is 14.3 Å². The first-order valence-corrected chi connectivity index (χ1v) is 9.35. The molecule has 1 aliphatic heterocycles. The number of rotatable bonds is 4. The fourth-order valence-corrected chi connectivity index (χ4v) is 3.24. The van der Waals surface area contributed by atoms with Crippen molar-refractivity contribution in [2.45, 2.75) is 32.9 Å². The number of ether oxygens (including phenoxy) is 1. The number of nitrogens with one attached hydrogen (secondary N) is 2. The summed E-state index contributed by atoms with van der Waals surface area (Å²) in [4.78, 5) is 25.4. The molecule has 2 N–H and O–H groups in total. The summed E-state index contributed by atoms with van der Waals surface area (Å²) < 4.78 is 7.51. The van der Waals surface area contributed by atoms with Crippen LogP contribution < -0.4 is 15.4 Å². The molecule has 0 saturated carbocycles. The number of benzene rings is 2. The van der Waals surface area contributed by atoms with Gasteiger partial charge in [0.05, 0.1) is 12.2 Å². The molecule has 29 heavy (non-hydrogen) atoms. The van der Waals surface area contributed by atoms with E-state index in [1.165, 1.54) is 12.5 Å². The zero-order valence-corrected chi connectivity index (χ0v) is 16.5. The molecule has 2 aromatic carbocycles. The van der Waals surface area contributed by atoms with Crippen LogP contribution in [0.5, 0.6) is 5.75 Å². The second-order valence-electron chi connectivity index (χ2n) is 7.43. The maximum absolute atomic E-state index is 12.8. The largest absolute Gasteiger partial charge is 0.466 e. The third-order valence-electron chi connectivity index (χ3n) is 4.87. The van der Waals surface area contributed by atoms with Crippen LogP contribution in [0.2, 0.25) is 0 Å². The molecule has 0 saturated heterocycles. The van der Waals surface area contributed by atoms with Crippen molar-refractivity contribution in [3.63, 3.8) is 0 Å². The molecule has 1 aliphatic rings. The molecule has 0 radical (unpaired) electrons. The third-order valence-corrected chi connectivity index (χ3v) is 4.87. The van der Waals surface area contributed by atoms with Gasteiger partial charge in [0, 0.05) is 12.3 Å². The van der Waals surface area contributed by atoms with Gasteiger partial charge in [-0.1, -0.05) is 35.9 Å². The molecule has 0 spiro atoms. The monoisotopic (exact) mass is 390 g/mol. The standard InChI is InChI=1S/C22H22N4O3/c1-14-5-4-6-16(11-14)13-26-10-9-19(25-26)24-21(28)22(3)20(27)23-17-12-15(2)7-8-18(17)29-22/h4-12H,13H2,1-3H3,(H,23,27)(H,24,25,28). The summed E-state index contributed by atoms with van der Waals surface area (Å²) in [6.45, 7) is 5.98. The molecule has 1 unspecified atom stereocenters. The molecule has 0 fully saturated rings. The van der Waals surface area contributed by atoms with Crippen molar-refractivity contribution in [3.8, 4) is 5.75 Å². The number of hydrogen-bond acceptors (Lipinski definition) is 4. The number of aromatic nitrogens is 2. The summed E-state index contributed by atoms with van der Waals surface area (Å²) in [7, 11) is 0. The molecule has 2 amide bonds. The molecule has 1 aromatic heterocycles. The van der Waals surface area contributed by atoms with E-state index < -0.39 is 17.4 Å². The lowest BCUT2D eigenvalue weighted by Crippen LogP contribution is -2.56. The zero-order chi connectivity index (χ0) is 20.6. The highest BCUT2D eigenvalue weighted by Crippen LogP contribution is 2.34. The van der Waals surface area contributed by atoms with Gasteiger partial charge in [-0.05, 0) is 44.0 Å². The van der Waals surface area contributed by atoms with E-state index in [-0.39, 0.29) is 0 Å². The predicted octanol–water partition coefficient (Wildman–Crippen LogP) is 3.28. The minimum atomic E-state index is -1.69. The molecular weight excluding hydrogens is 368 g/mol. The Morgan fingerprint density at radius 2 is 1.97 bits per heavy atom. The Labute approximate surface area is 168 Å². The minimum Gasteiger partial charge on any atom is -0.466 e. The van der Waals surface area contributed by atoms with Gasteiger partial charge in [0.15, 0.2) is 5.82 Å². The quantitative estimate of drug-likeness (QED) is 0.670. The Morgan fingerprint density at radius 3 is 2.76 bits per heavy atom. The van der Waals surface area contributed by atoms with Crippen molar-refractivity contribution in [1.29, 1.82) is 0 Å². The van der Waals surface area contributed by atoms with E-state index in [1.54, 1.807) is 29.1 Å².